The number of aliphatic hydroxyl groups is 1. The summed E-state index contributed by atoms with van der Waals surface area (Å²) < 4.78 is 0. The average Bonchev–Trinajstić information content (AvgIpc) is 2.19. The predicted octanol–water partition coefficient (Wildman–Crippen LogP) is 3.05. The summed E-state index contributed by atoms with van der Waals surface area (Å²) in [5, 5.41) is 11.1. The standard InChI is InChI=1S/C11H13ClOS/c12-10-3-1-2-9(8-10)11(13)4-6-14-7-5-11/h1-3,8,13H,4-7H2. The molecule has 0 radical (unpaired) electrons. The summed E-state index contributed by atoms with van der Waals surface area (Å²) in [5.41, 5.74) is 0.321. The van der Waals surface area contributed by atoms with Crippen molar-refractivity contribution in [2.75, 3.05) is 11.5 Å². The molecule has 0 saturated carbocycles. The molecule has 3 heteroatoms. The maximum atomic E-state index is 10.4. The molecule has 1 heterocycles. The van der Waals surface area contributed by atoms with Gasteiger partial charge in [0, 0.05) is 5.02 Å². The number of benzene rings is 1. The van der Waals surface area contributed by atoms with E-state index >= 15 is 0 Å². The van der Waals surface area contributed by atoms with Crippen LogP contribution in [0.25, 0.3) is 0 Å². The first kappa shape index (κ1) is 10.3. The van der Waals surface area contributed by atoms with Crippen molar-refractivity contribution in [3.63, 3.8) is 0 Å². The molecule has 1 saturated heterocycles. The van der Waals surface area contributed by atoms with Crippen LogP contribution in [0.15, 0.2) is 24.3 Å². The fourth-order valence-corrected chi connectivity index (χ4v) is 3.13. The second kappa shape index (κ2) is 4.13. The van der Waals surface area contributed by atoms with E-state index in [1.54, 1.807) is 0 Å². The highest BCUT2D eigenvalue weighted by molar-refractivity contribution is 7.99. The third kappa shape index (κ3) is 2.08. The van der Waals surface area contributed by atoms with Gasteiger partial charge in [0.2, 0.25) is 0 Å². The van der Waals surface area contributed by atoms with Crippen molar-refractivity contribution >= 4 is 23.4 Å². The molecule has 0 unspecified atom stereocenters. The maximum Gasteiger partial charge on any atom is 0.0912 e. The van der Waals surface area contributed by atoms with Crippen molar-refractivity contribution in [3.05, 3.63) is 34.9 Å². The van der Waals surface area contributed by atoms with Gasteiger partial charge in [-0.1, -0.05) is 23.7 Å². The second-order valence-electron chi connectivity index (χ2n) is 3.65. The third-order valence-electron chi connectivity index (χ3n) is 2.68. The number of rotatable bonds is 1. The SMILES string of the molecule is OC1(c2cccc(Cl)c2)CCSCC1. The molecule has 0 aromatic heterocycles. The smallest absolute Gasteiger partial charge is 0.0912 e. The molecule has 0 bridgehead atoms. The molecule has 0 atom stereocenters. The first-order chi connectivity index (χ1) is 6.71. The zero-order valence-corrected chi connectivity index (χ0v) is 9.44. The highest BCUT2D eigenvalue weighted by Gasteiger charge is 2.31. The van der Waals surface area contributed by atoms with E-state index in [1.165, 1.54) is 0 Å². The van der Waals surface area contributed by atoms with Gasteiger partial charge in [0.25, 0.3) is 0 Å². The van der Waals surface area contributed by atoms with Crippen molar-refractivity contribution < 1.29 is 5.11 Å². The predicted molar refractivity (Wildman–Crippen MR) is 61.9 cm³/mol. The van der Waals surface area contributed by atoms with Gasteiger partial charge in [-0.15, -0.1) is 0 Å². The van der Waals surface area contributed by atoms with Gasteiger partial charge in [0.1, 0.15) is 0 Å². The molecule has 2 rings (SSSR count). The lowest BCUT2D eigenvalue weighted by Gasteiger charge is -2.32. The van der Waals surface area contributed by atoms with Gasteiger partial charge in [-0.25, -0.2) is 0 Å². The lowest BCUT2D eigenvalue weighted by molar-refractivity contribution is 0.0281. The Morgan fingerprint density at radius 2 is 2.00 bits per heavy atom. The zero-order valence-electron chi connectivity index (χ0n) is 7.87. The molecule has 14 heavy (non-hydrogen) atoms. The van der Waals surface area contributed by atoms with Gasteiger partial charge in [-0.3, -0.25) is 0 Å². The molecule has 1 fully saturated rings. The Hall–Kier alpha value is -0.180. The average molecular weight is 229 g/mol. The number of thioether (sulfide) groups is 1. The van der Waals surface area contributed by atoms with Gasteiger partial charge in [0.05, 0.1) is 5.60 Å². The Labute approximate surface area is 93.5 Å². The van der Waals surface area contributed by atoms with Crippen molar-refractivity contribution in [1.29, 1.82) is 0 Å². The minimum atomic E-state index is -0.643. The van der Waals surface area contributed by atoms with Crippen LogP contribution in [0.5, 0.6) is 0 Å². The van der Waals surface area contributed by atoms with E-state index in [4.69, 9.17) is 11.6 Å². The summed E-state index contributed by atoms with van der Waals surface area (Å²) in [6.45, 7) is 0. The van der Waals surface area contributed by atoms with Crippen molar-refractivity contribution in [3.8, 4) is 0 Å². The highest BCUT2D eigenvalue weighted by atomic mass is 35.5. The molecule has 76 valence electrons. The van der Waals surface area contributed by atoms with E-state index in [1.807, 2.05) is 36.0 Å². The van der Waals surface area contributed by atoms with Gasteiger partial charge >= 0.3 is 0 Å². The fraction of sp³-hybridized carbons (Fsp3) is 0.455. The summed E-state index contributed by atoms with van der Waals surface area (Å²) in [5.74, 6) is 2.06. The molecule has 0 spiro atoms. The van der Waals surface area contributed by atoms with Gasteiger partial charge < -0.3 is 5.11 Å². The van der Waals surface area contributed by atoms with Crippen LogP contribution in [0.1, 0.15) is 18.4 Å². The quantitative estimate of drug-likeness (QED) is 0.798. The monoisotopic (exact) mass is 228 g/mol. The topological polar surface area (TPSA) is 20.2 Å². The summed E-state index contributed by atoms with van der Waals surface area (Å²) in [6, 6.07) is 7.57. The number of halogens is 1. The van der Waals surface area contributed by atoms with Crippen molar-refractivity contribution in [1.82, 2.24) is 0 Å². The number of hydrogen-bond donors (Lipinski definition) is 1. The lowest BCUT2D eigenvalue weighted by atomic mass is 9.88. The van der Waals surface area contributed by atoms with Gasteiger partial charge in [-0.2, -0.15) is 11.8 Å². The molecule has 1 aliphatic rings. The van der Waals surface area contributed by atoms with Crippen LogP contribution in [0.3, 0.4) is 0 Å². The Morgan fingerprint density at radius 1 is 1.29 bits per heavy atom. The normalized spacial score (nSPS) is 20.7. The summed E-state index contributed by atoms with van der Waals surface area (Å²) in [7, 11) is 0. The van der Waals surface area contributed by atoms with E-state index in [9.17, 15) is 5.11 Å². The summed E-state index contributed by atoms with van der Waals surface area (Å²) >= 11 is 7.81. The summed E-state index contributed by atoms with van der Waals surface area (Å²) in [4.78, 5) is 0. The molecular formula is C11H13ClOS. The Morgan fingerprint density at radius 3 is 2.64 bits per heavy atom. The van der Waals surface area contributed by atoms with E-state index < -0.39 is 5.60 Å². The largest absolute Gasteiger partial charge is 0.385 e. The molecule has 0 amide bonds. The molecular weight excluding hydrogens is 216 g/mol. The fourth-order valence-electron chi connectivity index (χ4n) is 1.78. The third-order valence-corrected chi connectivity index (χ3v) is 3.90. The van der Waals surface area contributed by atoms with Gasteiger partial charge in [-0.05, 0) is 42.0 Å². The highest BCUT2D eigenvalue weighted by Crippen LogP contribution is 2.36. The van der Waals surface area contributed by atoms with Crippen LogP contribution < -0.4 is 0 Å². The van der Waals surface area contributed by atoms with E-state index in [0.29, 0.717) is 5.02 Å². The first-order valence-electron chi connectivity index (χ1n) is 4.77. The van der Waals surface area contributed by atoms with Crippen molar-refractivity contribution in [2.45, 2.75) is 18.4 Å². The minimum absolute atomic E-state index is 0.643. The van der Waals surface area contributed by atoms with E-state index in [0.717, 1.165) is 29.9 Å². The lowest BCUT2D eigenvalue weighted by Crippen LogP contribution is -2.30. The van der Waals surface area contributed by atoms with Crippen LogP contribution in [-0.4, -0.2) is 16.6 Å². The molecule has 1 N–H and O–H groups in total. The van der Waals surface area contributed by atoms with E-state index in [-0.39, 0.29) is 0 Å². The molecule has 1 aliphatic heterocycles. The molecule has 0 aliphatic carbocycles. The summed E-state index contributed by atoms with van der Waals surface area (Å²) in [6.07, 6.45) is 1.66. The van der Waals surface area contributed by atoms with Crippen LogP contribution in [0.2, 0.25) is 5.02 Å². The Bertz CT molecular complexity index is 321. The minimum Gasteiger partial charge on any atom is -0.385 e. The van der Waals surface area contributed by atoms with Crippen LogP contribution in [0.4, 0.5) is 0 Å². The van der Waals surface area contributed by atoms with Crippen molar-refractivity contribution in [2.24, 2.45) is 0 Å². The second-order valence-corrected chi connectivity index (χ2v) is 5.32. The van der Waals surface area contributed by atoms with E-state index in [2.05, 4.69) is 0 Å². The van der Waals surface area contributed by atoms with Gasteiger partial charge in [0.15, 0.2) is 0 Å². The van der Waals surface area contributed by atoms with Crippen LogP contribution in [0, 0.1) is 0 Å². The molecule has 1 nitrogen and oxygen atoms in total. The Balaban J connectivity index is 2.28. The number of hydrogen-bond acceptors (Lipinski definition) is 2. The van der Waals surface area contributed by atoms with Crippen LogP contribution >= 0.6 is 23.4 Å². The van der Waals surface area contributed by atoms with Crippen LogP contribution in [-0.2, 0) is 5.60 Å². The maximum absolute atomic E-state index is 10.4. The molecule has 1 aromatic rings. The first-order valence-corrected chi connectivity index (χ1v) is 6.30. The molecule has 1 aromatic carbocycles. The zero-order chi connectivity index (χ0) is 10.0. The Kier molecular flexibility index (Phi) is 3.05.